The van der Waals surface area contributed by atoms with Crippen LogP contribution in [0.5, 0.6) is 5.75 Å². The Kier molecular flexibility index (Phi) is 4.17. The van der Waals surface area contributed by atoms with Gasteiger partial charge in [0.05, 0.1) is 16.5 Å². The number of nitro groups is 1. The molecule has 2 unspecified atom stereocenters. The number of hydrogen-bond acceptors (Lipinski definition) is 7. The molecule has 1 aromatic heterocycles. The molecule has 11 heteroatoms. The van der Waals surface area contributed by atoms with Crippen LogP contribution >= 0.6 is 0 Å². The van der Waals surface area contributed by atoms with Crippen LogP contribution < -0.4 is 15.1 Å². The van der Waals surface area contributed by atoms with E-state index in [0.717, 1.165) is 38.4 Å². The first-order valence-electron chi connectivity index (χ1n) is 9.80. The van der Waals surface area contributed by atoms with Gasteiger partial charge in [-0.15, -0.1) is 0 Å². The van der Waals surface area contributed by atoms with E-state index >= 15 is 4.39 Å². The second-order valence-electron chi connectivity index (χ2n) is 7.97. The normalized spacial score (nSPS) is 23.0. The summed E-state index contributed by atoms with van der Waals surface area (Å²) in [5.74, 6) is -1.35. The topological polar surface area (TPSA) is 118 Å². The Morgan fingerprint density at radius 3 is 2.67 bits per heavy atom. The first-order valence-corrected chi connectivity index (χ1v) is 9.80. The molecule has 5 rings (SSSR count). The van der Waals surface area contributed by atoms with Gasteiger partial charge in [-0.3, -0.25) is 19.8 Å². The highest BCUT2D eigenvalue weighted by Crippen LogP contribution is 2.45. The van der Waals surface area contributed by atoms with E-state index in [1.807, 2.05) is 0 Å². The van der Waals surface area contributed by atoms with Crippen LogP contribution in [0.1, 0.15) is 25.3 Å². The highest BCUT2D eigenvalue weighted by atomic mass is 19.1. The van der Waals surface area contributed by atoms with E-state index in [1.54, 1.807) is 4.90 Å². The largest absolute Gasteiger partial charge is 0.511 e. The minimum atomic E-state index is -1.68. The number of hydrogen-bond donors (Lipinski definition) is 1. The summed E-state index contributed by atoms with van der Waals surface area (Å²) >= 11 is 0. The number of piperazine rings is 1. The first-order chi connectivity index (χ1) is 14.3. The summed E-state index contributed by atoms with van der Waals surface area (Å²) in [5, 5.41) is 20.8. The van der Waals surface area contributed by atoms with Crippen LogP contribution in [0.3, 0.4) is 0 Å². The fourth-order valence-corrected chi connectivity index (χ4v) is 4.68. The van der Waals surface area contributed by atoms with Gasteiger partial charge in [-0.1, -0.05) is 0 Å². The van der Waals surface area contributed by atoms with Crippen LogP contribution in [0.25, 0.3) is 10.9 Å². The average molecular weight is 418 g/mol. The second-order valence-corrected chi connectivity index (χ2v) is 7.97. The lowest BCUT2D eigenvalue weighted by molar-refractivity contribution is -0.382. The molecule has 0 radical (unpaired) electrons. The van der Waals surface area contributed by atoms with Gasteiger partial charge in [-0.25, -0.2) is 9.18 Å². The molecule has 0 spiro atoms. The standard InChI is InChI=1S/C19H19FN4O6/c20-13-7-12-15(23(10-1-2-10)9-14(18(12)25)30-19(26)27)17(24(28)29)16(13)22-6-5-21-4-3-11(22)8-21/h7,9-11H,1-6,8H2,(H,26,27). The van der Waals surface area contributed by atoms with Gasteiger partial charge < -0.3 is 19.3 Å². The first kappa shape index (κ1) is 18.8. The smallest absolute Gasteiger partial charge is 0.449 e. The number of rotatable bonds is 4. The Balaban J connectivity index is 1.80. The van der Waals surface area contributed by atoms with Gasteiger partial charge in [0.2, 0.25) is 5.43 Å². The number of carbonyl (C=O) groups is 1. The van der Waals surface area contributed by atoms with Gasteiger partial charge in [-0.2, -0.15) is 0 Å². The van der Waals surface area contributed by atoms with Crippen LogP contribution in [0.15, 0.2) is 17.1 Å². The minimum absolute atomic E-state index is 0.0158. The Labute approximate surface area is 169 Å². The summed E-state index contributed by atoms with van der Waals surface area (Å²) in [5.41, 5.74) is -1.42. The molecular formula is C19H19FN4O6. The maximum absolute atomic E-state index is 15.3. The number of fused-ring (bicyclic) bond motifs is 3. The van der Waals surface area contributed by atoms with Crippen LogP contribution in [0.2, 0.25) is 0 Å². The predicted octanol–water partition coefficient (Wildman–Crippen LogP) is 2.33. The zero-order valence-electron chi connectivity index (χ0n) is 15.9. The fourth-order valence-electron chi connectivity index (χ4n) is 4.68. The number of halogens is 1. The molecule has 2 bridgehead atoms. The molecule has 1 saturated carbocycles. The SMILES string of the molecule is O=C(O)Oc1cn(C2CC2)c2c([N+](=O)[O-])c(N3CCN4CCC3C4)c(F)cc2c1=O. The maximum atomic E-state index is 15.3. The summed E-state index contributed by atoms with van der Waals surface area (Å²) in [7, 11) is 0. The monoisotopic (exact) mass is 418 g/mol. The van der Waals surface area contributed by atoms with Crippen molar-refractivity contribution in [3.8, 4) is 5.75 Å². The third-order valence-corrected chi connectivity index (χ3v) is 6.14. The van der Waals surface area contributed by atoms with Gasteiger partial charge in [0, 0.05) is 38.3 Å². The fraction of sp³-hybridized carbons (Fsp3) is 0.474. The van der Waals surface area contributed by atoms with E-state index in [2.05, 4.69) is 9.64 Å². The van der Waals surface area contributed by atoms with E-state index in [-0.39, 0.29) is 28.7 Å². The zero-order valence-corrected chi connectivity index (χ0v) is 15.9. The minimum Gasteiger partial charge on any atom is -0.449 e. The summed E-state index contributed by atoms with van der Waals surface area (Å²) in [6, 6.07) is 0.819. The molecule has 2 saturated heterocycles. The van der Waals surface area contributed by atoms with Crippen molar-refractivity contribution in [2.45, 2.75) is 31.3 Å². The van der Waals surface area contributed by atoms with Crippen LogP contribution in [0, 0.1) is 15.9 Å². The molecule has 3 heterocycles. The maximum Gasteiger partial charge on any atom is 0.511 e. The van der Waals surface area contributed by atoms with Gasteiger partial charge in [0.15, 0.2) is 17.3 Å². The van der Waals surface area contributed by atoms with Gasteiger partial charge in [-0.05, 0) is 25.3 Å². The van der Waals surface area contributed by atoms with E-state index < -0.39 is 33.8 Å². The molecule has 1 aromatic carbocycles. The van der Waals surface area contributed by atoms with E-state index in [9.17, 15) is 19.7 Å². The highest BCUT2D eigenvalue weighted by molar-refractivity contribution is 5.95. The molecule has 1 aliphatic carbocycles. The summed E-state index contributed by atoms with van der Waals surface area (Å²) in [6.45, 7) is 2.73. The third-order valence-electron chi connectivity index (χ3n) is 6.14. The molecule has 2 aromatic rings. The lowest BCUT2D eigenvalue weighted by Gasteiger charge is -2.36. The molecule has 30 heavy (non-hydrogen) atoms. The van der Waals surface area contributed by atoms with Crippen LogP contribution in [-0.2, 0) is 0 Å². The highest BCUT2D eigenvalue weighted by Gasteiger charge is 2.40. The quantitative estimate of drug-likeness (QED) is 0.457. The van der Waals surface area contributed by atoms with Gasteiger partial charge in [0.25, 0.3) is 0 Å². The molecule has 3 fully saturated rings. The van der Waals surface area contributed by atoms with E-state index in [4.69, 9.17) is 5.11 Å². The predicted molar refractivity (Wildman–Crippen MR) is 104 cm³/mol. The molecule has 3 aliphatic rings. The number of pyridine rings is 1. The molecule has 2 atom stereocenters. The van der Waals surface area contributed by atoms with Gasteiger partial charge >= 0.3 is 11.8 Å². The Hall–Kier alpha value is -3.21. The molecule has 0 amide bonds. The van der Waals surface area contributed by atoms with Crippen LogP contribution in [0.4, 0.5) is 20.6 Å². The summed E-state index contributed by atoms with van der Waals surface area (Å²) < 4.78 is 21.4. The van der Waals surface area contributed by atoms with Crippen molar-refractivity contribution in [2.24, 2.45) is 0 Å². The van der Waals surface area contributed by atoms with Crippen molar-refractivity contribution in [3.05, 3.63) is 38.4 Å². The lowest BCUT2D eigenvalue weighted by atomic mass is 10.1. The number of aromatic nitrogens is 1. The number of ether oxygens (including phenoxy) is 1. The second kappa shape index (κ2) is 6.66. The number of nitro benzene ring substituents is 1. The van der Waals surface area contributed by atoms with Crippen LogP contribution in [-0.4, -0.2) is 57.9 Å². The lowest BCUT2D eigenvalue weighted by Crippen LogP contribution is -2.47. The van der Waals surface area contributed by atoms with Gasteiger partial charge in [0.1, 0.15) is 5.52 Å². The van der Waals surface area contributed by atoms with E-state index in [1.165, 1.54) is 10.8 Å². The number of nitrogens with zero attached hydrogens (tertiary/aromatic N) is 4. The summed E-state index contributed by atoms with van der Waals surface area (Å²) in [6.07, 6.45) is 1.74. The molecule has 2 aliphatic heterocycles. The number of benzene rings is 1. The van der Waals surface area contributed by atoms with Crippen molar-refractivity contribution in [1.29, 1.82) is 0 Å². The number of anilines is 1. The molecule has 1 N–H and O–H groups in total. The average Bonchev–Trinajstić information content (AvgIpc) is 3.46. The molecular weight excluding hydrogens is 399 g/mol. The molecule has 158 valence electrons. The van der Waals surface area contributed by atoms with Crippen molar-refractivity contribution in [2.75, 3.05) is 31.1 Å². The summed E-state index contributed by atoms with van der Waals surface area (Å²) in [4.78, 5) is 39.3. The zero-order chi connectivity index (χ0) is 21.2. The third kappa shape index (κ3) is 2.88. The van der Waals surface area contributed by atoms with Crippen molar-refractivity contribution >= 4 is 28.4 Å². The van der Waals surface area contributed by atoms with Crippen molar-refractivity contribution in [3.63, 3.8) is 0 Å². The van der Waals surface area contributed by atoms with Crippen molar-refractivity contribution in [1.82, 2.24) is 9.47 Å². The Morgan fingerprint density at radius 2 is 2.00 bits per heavy atom. The Morgan fingerprint density at radius 1 is 1.23 bits per heavy atom. The Bertz CT molecular complexity index is 1140. The molecule has 10 nitrogen and oxygen atoms in total. The number of carboxylic acid groups (broad SMARTS) is 1. The van der Waals surface area contributed by atoms with Crippen molar-refractivity contribution < 1.29 is 24.0 Å². The van der Waals surface area contributed by atoms with E-state index in [0.29, 0.717) is 13.1 Å².